The Hall–Kier alpha value is -1.71. The maximum Gasteiger partial charge on any atom is 0.234 e. The van der Waals surface area contributed by atoms with Gasteiger partial charge in [0.2, 0.25) is 5.91 Å². The lowest BCUT2D eigenvalue weighted by atomic mass is 10.2. The molecule has 4 heteroatoms. The van der Waals surface area contributed by atoms with Crippen LogP contribution in [0.2, 0.25) is 0 Å². The summed E-state index contributed by atoms with van der Waals surface area (Å²) in [5, 5.41) is 0. The molecule has 0 unspecified atom stereocenters. The van der Waals surface area contributed by atoms with Crippen molar-refractivity contribution in [1.82, 2.24) is 4.98 Å². The number of amides is 1. The van der Waals surface area contributed by atoms with Gasteiger partial charge in [-0.05, 0) is 25.5 Å². The van der Waals surface area contributed by atoms with E-state index in [0.29, 0.717) is 0 Å². The molecule has 78 valence electrons. The van der Waals surface area contributed by atoms with Gasteiger partial charge in [-0.3, -0.25) is 14.6 Å². The molecule has 0 radical (unpaired) electrons. The van der Waals surface area contributed by atoms with E-state index in [-0.39, 0.29) is 24.7 Å². The Labute approximate surface area is 87.9 Å². The number of aryl methyl sites for hydroxylation is 2. The zero-order chi connectivity index (χ0) is 11.0. The molecule has 2 heterocycles. The van der Waals surface area contributed by atoms with Gasteiger partial charge < -0.3 is 4.90 Å². The summed E-state index contributed by atoms with van der Waals surface area (Å²) in [5.74, 6) is -0.151. The normalized spacial score (nSPS) is 16.3. The largest absolute Gasteiger partial charge is 0.303 e. The minimum absolute atomic E-state index is 0.0216. The predicted molar refractivity (Wildman–Crippen MR) is 55.7 cm³/mol. The molecule has 0 aliphatic carbocycles. The van der Waals surface area contributed by atoms with Crippen LogP contribution in [-0.2, 0) is 9.59 Å². The Morgan fingerprint density at radius 1 is 1.33 bits per heavy atom. The molecule has 0 N–H and O–H groups in total. The van der Waals surface area contributed by atoms with Crippen molar-refractivity contribution < 1.29 is 9.59 Å². The van der Waals surface area contributed by atoms with E-state index in [4.69, 9.17) is 0 Å². The number of carbonyl (C=O) groups excluding carboxylic acids is 2. The summed E-state index contributed by atoms with van der Waals surface area (Å²) in [4.78, 5) is 28.4. The number of carbonyl (C=O) groups is 2. The van der Waals surface area contributed by atoms with Crippen molar-refractivity contribution in [3.8, 4) is 0 Å². The molecule has 0 saturated carbocycles. The molecule has 1 fully saturated rings. The van der Waals surface area contributed by atoms with Gasteiger partial charge in [-0.1, -0.05) is 0 Å². The van der Waals surface area contributed by atoms with Gasteiger partial charge >= 0.3 is 0 Å². The highest BCUT2D eigenvalue weighted by Gasteiger charge is 2.30. The number of rotatable bonds is 1. The Morgan fingerprint density at radius 3 is 2.60 bits per heavy atom. The molecule has 0 aromatic carbocycles. The summed E-state index contributed by atoms with van der Waals surface area (Å²) in [6, 6.07) is 1.85. The van der Waals surface area contributed by atoms with Crippen LogP contribution in [0.4, 0.5) is 5.69 Å². The van der Waals surface area contributed by atoms with Crippen molar-refractivity contribution in [1.29, 1.82) is 0 Å². The van der Waals surface area contributed by atoms with E-state index < -0.39 is 0 Å². The molecular formula is C11H12N2O2. The van der Waals surface area contributed by atoms with Crippen LogP contribution in [0.5, 0.6) is 0 Å². The van der Waals surface area contributed by atoms with Crippen LogP contribution in [0.15, 0.2) is 12.3 Å². The molecule has 1 aromatic rings. The highest BCUT2D eigenvalue weighted by molar-refractivity contribution is 6.15. The summed E-state index contributed by atoms with van der Waals surface area (Å²) >= 11 is 0. The van der Waals surface area contributed by atoms with Crippen LogP contribution >= 0.6 is 0 Å². The summed E-state index contributed by atoms with van der Waals surface area (Å²) in [5.41, 5.74) is 2.55. The lowest BCUT2D eigenvalue weighted by molar-refractivity contribution is -0.121. The smallest absolute Gasteiger partial charge is 0.234 e. The monoisotopic (exact) mass is 204 g/mol. The quantitative estimate of drug-likeness (QED) is 0.641. The van der Waals surface area contributed by atoms with Crippen LogP contribution in [0.25, 0.3) is 0 Å². The highest BCUT2D eigenvalue weighted by Crippen LogP contribution is 2.25. The summed E-state index contributed by atoms with van der Waals surface area (Å²) < 4.78 is 0. The van der Waals surface area contributed by atoms with E-state index in [0.717, 1.165) is 16.9 Å². The third-order valence-corrected chi connectivity index (χ3v) is 2.56. The third kappa shape index (κ3) is 1.63. The van der Waals surface area contributed by atoms with E-state index in [9.17, 15) is 9.59 Å². The van der Waals surface area contributed by atoms with Crippen LogP contribution in [0.3, 0.4) is 0 Å². The Balaban J connectivity index is 2.46. The Bertz CT molecular complexity index is 420. The Kier molecular flexibility index (Phi) is 2.26. The first-order valence-corrected chi connectivity index (χ1v) is 4.84. The van der Waals surface area contributed by atoms with Gasteiger partial charge in [0, 0.05) is 6.20 Å². The average Bonchev–Trinajstić information content (AvgIpc) is 2.45. The first-order chi connectivity index (χ1) is 7.09. The number of nitrogens with zero attached hydrogens (tertiary/aromatic N) is 2. The van der Waals surface area contributed by atoms with Crippen LogP contribution in [0.1, 0.15) is 17.7 Å². The standard InChI is InChI=1S/C11H12N2O2/c1-7-3-4-12-8(2)11(7)13-6-9(14)5-10(13)15/h3-4H,5-6H2,1-2H3. The van der Waals surface area contributed by atoms with Crippen molar-refractivity contribution in [2.24, 2.45) is 0 Å². The van der Waals surface area contributed by atoms with E-state index >= 15 is 0 Å². The van der Waals surface area contributed by atoms with Gasteiger partial charge in [0.05, 0.1) is 24.3 Å². The first kappa shape index (κ1) is 9.83. The molecular weight excluding hydrogens is 192 g/mol. The van der Waals surface area contributed by atoms with Gasteiger partial charge in [-0.25, -0.2) is 0 Å². The molecule has 1 aromatic heterocycles. The van der Waals surface area contributed by atoms with Crippen LogP contribution in [-0.4, -0.2) is 23.2 Å². The number of hydrogen-bond donors (Lipinski definition) is 0. The summed E-state index contributed by atoms with van der Waals surface area (Å²) in [6.45, 7) is 3.95. The van der Waals surface area contributed by atoms with E-state index in [1.165, 1.54) is 4.90 Å². The molecule has 0 spiro atoms. The zero-order valence-corrected chi connectivity index (χ0v) is 8.78. The minimum atomic E-state index is -0.126. The minimum Gasteiger partial charge on any atom is -0.303 e. The molecule has 1 amide bonds. The highest BCUT2D eigenvalue weighted by atomic mass is 16.2. The second kappa shape index (κ2) is 3.46. The van der Waals surface area contributed by atoms with Crippen molar-refractivity contribution in [3.05, 3.63) is 23.5 Å². The lowest BCUT2D eigenvalue weighted by Crippen LogP contribution is -2.26. The summed E-state index contributed by atoms with van der Waals surface area (Å²) in [6.07, 6.45) is 1.73. The van der Waals surface area contributed by atoms with Gasteiger partial charge in [-0.15, -0.1) is 0 Å². The molecule has 0 bridgehead atoms. The molecule has 1 saturated heterocycles. The number of pyridine rings is 1. The van der Waals surface area contributed by atoms with Gasteiger partial charge in [0.15, 0.2) is 5.78 Å². The van der Waals surface area contributed by atoms with Crippen molar-refractivity contribution in [2.75, 3.05) is 11.4 Å². The second-order valence-electron chi connectivity index (χ2n) is 3.76. The molecule has 0 atom stereocenters. The van der Waals surface area contributed by atoms with E-state index in [1.54, 1.807) is 6.20 Å². The van der Waals surface area contributed by atoms with Gasteiger partial charge in [0.25, 0.3) is 0 Å². The van der Waals surface area contributed by atoms with Crippen molar-refractivity contribution in [2.45, 2.75) is 20.3 Å². The topological polar surface area (TPSA) is 50.3 Å². The van der Waals surface area contributed by atoms with Gasteiger partial charge in [0.1, 0.15) is 0 Å². The maximum atomic E-state index is 11.6. The van der Waals surface area contributed by atoms with Crippen LogP contribution < -0.4 is 4.90 Å². The number of hydrogen-bond acceptors (Lipinski definition) is 3. The number of aromatic nitrogens is 1. The molecule has 1 aliphatic rings. The number of Topliss-reactive ketones (excluding diaryl/α,β-unsaturated/α-hetero) is 1. The van der Waals surface area contributed by atoms with Crippen molar-refractivity contribution in [3.63, 3.8) is 0 Å². The lowest BCUT2D eigenvalue weighted by Gasteiger charge is -2.18. The third-order valence-electron chi connectivity index (χ3n) is 2.56. The summed E-state index contributed by atoms with van der Waals surface area (Å²) in [7, 11) is 0. The molecule has 1 aliphatic heterocycles. The molecule has 15 heavy (non-hydrogen) atoms. The average molecular weight is 204 g/mol. The van der Waals surface area contributed by atoms with Crippen LogP contribution in [0, 0.1) is 13.8 Å². The zero-order valence-electron chi connectivity index (χ0n) is 8.78. The first-order valence-electron chi connectivity index (χ1n) is 4.84. The maximum absolute atomic E-state index is 11.6. The Morgan fingerprint density at radius 2 is 2.07 bits per heavy atom. The number of anilines is 1. The molecule has 2 rings (SSSR count). The van der Waals surface area contributed by atoms with Gasteiger partial charge in [-0.2, -0.15) is 0 Å². The fourth-order valence-corrected chi connectivity index (χ4v) is 1.88. The van der Waals surface area contributed by atoms with E-state index in [1.807, 2.05) is 19.9 Å². The predicted octanol–water partition coefficient (Wildman–Crippen LogP) is 1.00. The number of ketones is 1. The molecule has 4 nitrogen and oxygen atoms in total. The fraction of sp³-hybridized carbons (Fsp3) is 0.364. The van der Waals surface area contributed by atoms with E-state index in [2.05, 4.69) is 4.98 Å². The second-order valence-corrected chi connectivity index (χ2v) is 3.76. The SMILES string of the molecule is Cc1ccnc(C)c1N1CC(=O)CC1=O. The van der Waals surface area contributed by atoms with Crippen molar-refractivity contribution >= 4 is 17.4 Å². The fourth-order valence-electron chi connectivity index (χ4n) is 1.88.